The summed E-state index contributed by atoms with van der Waals surface area (Å²) < 4.78 is 0. The van der Waals surface area contributed by atoms with E-state index in [0.29, 0.717) is 12.2 Å². The van der Waals surface area contributed by atoms with E-state index in [-0.39, 0.29) is 17.4 Å². The van der Waals surface area contributed by atoms with Gasteiger partial charge in [0, 0.05) is 12.1 Å². The lowest BCUT2D eigenvalue weighted by molar-refractivity contribution is -0.124. The van der Waals surface area contributed by atoms with Crippen molar-refractivity contribution in [1.29, 1.82) is 0 Å². The van der Waals surface area contributed by atoms with Crippen molar-refractivity contribution >= 4 is 34.2 Å². The number of rotatable bonds is 1. The Morgan fingerprint density at radius 2 is 1.96 bits per heavy atom. The van der Waals surface area contributed by atoms with Crippen LogP contribution in [0.3, 0.4) is 0 Å². The molecule has 1 fully saturated rings. The Bertz CT molecular complexity index is 864. The molecule has 0 saturated heterocycles. The standard InChI is InChI=1S/C21H24N2OS/c1-12-7-15-16(8-13(12)2)23-20(14-5-6-25-11-14)19-17(22-15)9-21(3,4)10-18(19)24/h5-8,11,19-20,23H,9-10H2,1-4H3. The zero-order valence-electron chi connectivity index (χ0n) is 15.2. The van der Waals surface area contributed by atoms with Gasteiger partial charge in [-0.05, 0) is 71.3 Å². The quantitative estimate of drug-likeness (QED) is 0.725. The maximum Gasteiger partial charge on any atom is 0.144 e. The number of thiophene rings is 1. The number of nitrogens with zero attached hydrogens (tertiary/aromatic N) is 1. The van der Waals surface area contributed by atoms with Crippen molar-refractivity contribution < 1.29 is 4.79 Å². The Balaban J connectivity index is 1.90. The first-order chi connectivity index (χ1) is 11.8. The first-order valence-electron chi connectivity index (χ1n) is 8.84. The maximum absolute atomic E-state index is 13.1. The van der Waals surface area contributed by atoms with Gasteiger partial charge in [-0.15, -0.1) is 0 Å². The third kappa shape index (κ3) is 2.93. The van der Waals surface area contributed by atoms with Crippen LogP contribution in [0.25, 0.3) is 0 Å². The highest BCUT2D eigenvalue weighted by atomic mass is 32.1. The summed E-state index contributed by atoms with van der Waals surface area (Å²) in [7, 11) is 0. The van der Waals surface area contributed by atoms with E-state index in [1.54, 1.807) is 11.3 Å². The minimum absolute atomic E-state index is 0.0180. The van der Waals surface area contributed by atoms with E-state index in [9.17, 15) is 4.79 Å². The molecule has 0 bridgehead atoms. The lowest BCUT2D eigenvalue weighted by Gasteiger charge is -2.37. The number of benzene rings is 1. The van der Waals surface area contributed by atoms with Gasteiger partial charge in [0.2, 0.25) is 0 Å². The summed E-state index contributed by atoms with van der Waals surface area (Å²) in [6.45, 7) is 8.58. The van der Waals surface area contributed by atoms with Gasteiger partial charge in [0.15, 0.2) is 0 Å². The summed E-state index contributed by atoms with van der Waals surface area (Å²) in [5.74, 6) is 0.135. The van der Waals surface area contributed by atoms with E-state index in [1.807, 2.05) is 0 Å². The number of carbonyl (C=O) groups excluding carboxylic acids is 1. The topological polar surface area (TPSA) is 41.5 Å². The van der Waals surface area contributed by atoms with Crippen molar-refractivity contribution in [2.75, 3.05) is 5.32 Å². The largest absolute Gasteiger partial charge is 0.375 e. The summed E-state index contributed by atoms with van der Waals surface area (Å²) in [5, 5.41) is 7.89. The third-order valence-electron chi connectivity index (χ3n) is 5.44. The maximum atomic E-state index is 13.1. The van der Waals surface area contributed by atoms with Gasteiger partial charge in [-0.3, -0.25) is 9.79 Å². The molecule has 2 aliphatic rings. The van der Waals surface area contributed by atoms with Gasteiger partial charge in [0.05, 0.1) is 23.3 Å². The molecule has 2 aromatic rings. The van der Waals surface area contributed by atoms with E-state index in [0.717, 1.165) is 23.5 Å². The normalized spacial score (nSPS) is 24.6. The monoisotopic (exact) mass is 352 g/mol. The van der Waals surface area contributed by atoms with Gasteiger partial charge in [0.25, 0.3) is 0 Å². The fourth-order valence-electron chi connectivity index (χ4n) is 4.06. The minimum atomic E-state index is -0.171. The highest BCUT2D eigenvalue weighted by Gasteiger charge is 2.44. The van der Waals surface area contributed by atoms with Gasteiger partial charge < -0.3 is 5.32 Å². The van der Waals surface area contributed by atoms with Crippen molar-refractivity contribution in [2.45, 2.75) is 46.6 Å². The number of Topliss-reactive ketones (excluding diaryl/α,β-unsaturated/α-hetero) is 1. The molecule has 0 amide bonds. The van der Waals surface area contributed by atoms with E-state index in [2.05, 4.69) is 62.0 Å². The molecule has 1 aromatic heterocycles. The molecule has 1 aliphatic heterocycles. The van der Waals surface area contributed by atoms with E-state index in [4.69, 9.17) is 4.99 Å². The second-order valence-corrected chi connectivity index (χ2v) is 8.98. The number of fused-ring (bicyclic) bond motifs is 2. The fourth-order valence-corrected chi connectivity index (χ4v) is 4.76. The summed E-state index contributed by atoms with van der Waals surface area (Å²) in [4.78, 5) is 18.1. The number of hydrogen-bond acceptors (Lipinski definition) is 4. The second kappa shape index (κ2) is 5.80. The lowest BCUT2D eigenvalue weighted by atomic mass is 9.68. The summed E-state index contributed by atoms with van der Waals surface area (Å²) in [6, 6.07) is 6.40. The molecule has 1 saturated carbocycles. The molecular weight excluding hydrogens is 328 g/mol. The van der Waals surface area contributed by atoms with E-state index < -0.39 is 0 Å². The van der Waals surface area contributed by atoms with Crippen LogP contribution < -0.4 is 5.32 Å². The molecule has 2 heterocycles. The molecular formula is C21H24N2OS. The number of aliphatic imine (C=N–C) groups is 1. The van der Waals surface area contributed by atoms with Gasteiger partial charge in [-0.1, -0.05) is 13.8 Å². The lowest BCUT2D eigenvalue weighted by Crippen LogP contribution is -2.42. The predicted molar refractivity (Wildman–Crippen MR) is 105 cm³/mol. The number of hydrogen-bond donors (Lipinski definition) is 1. The van der Waals surface area contributed by atoms with Crippen LogP contribution in [-0.4, -0.2) is 11.5 Å². The first kappa shape index (κ1) is 16.5. The number of nitrogens with one attached hydrogen (secondary N) is 1. The van der Waals surface area contributed by atoms with Gasteiger partial charge in [-0.25, -0.2) is 0 Å². The zero-order chi connectivity index (χ0) is 17.8. The Hall–Kier alpha value is -1.94. The number of ketones is 1. The Morgan fingerprint density at radius 3 is 2.68 bits per heavy atom. The van der Waals surface area contributed by atoms with Crippen LogP contribution in [0.1, 0.15) is 49.4 Å². The van der Waals surface area contributed by atoms with Crippen molar-refractivity contribution in [2.24, 2.45) is 16.3 Å². The Morgan fingerprint density at radius 1 is 1.20 bits per heavy atom. The molecule has 3 nitrogen and oxygen atoms in total. The van der Waals surface area contributed by atoms with Crippen LogP contribution in [0.15, 0.2) is 34.0 Å². The minimum Gasteiger partial charge on any atom is -0.375 e. The summed E-state index contributed by atoms with van der Waals surface area (Å²) in [5.41, 5.74) is 6.67. The summed E-state index contributed by atoms with van der Waals surface area (Å²) in [6.07, 6.45) is 1.49. The van der Waals surface area contributed by atoms with Crippen LogP contribution in [-0.2, 0) is 4.79 Å². The predicted octanol–water partition coefficient (Wildman–Crippen LogP) is 5.61. The second-order valence-electron chi connectivity index (χ2n) is 8.20. The van der Waals surface area contributed by atoms with Gasteiger partial charge in [-0.2, -0.15) is 11.3 Å². The first-order valence-corrected chi connectivity index (χ1v) is 9.78. The third-order valence-corrected chi connectivity index (χ3v) is 6.14. The van der Waals surface area contributed by atoms with E-state index in [1.165, 1.54) is 16.7 Å². The van der Waals surface area contributed by atoms with Crippen LogP contribution in [0, 0.1) is 25.2 Å². The molecule has 130 valence electrons. The number of carbonyl (C=O) groups is 1. The van der Waals surface area contributed by atoms with Crippen molar-refractivity contribution in [1.82, 2.24) is 0 Å². The molecule has 1 N–H and O–H groups in total. The number of anilines is 1. The van der Waals surface area contributed by atoms with Crippen molar-refractivity contribution in [3.63, 3.8) is 0 Å². The molecule has 0 radical (unpaired) electrons. The van der Waals surface area contributed by atoms with Gasteiger partial charge in [0.1, 0.15) is 5.78 Å². The molecule has 1 aromatic carbocycles. The molecule has 4 rings (SSSR count). The molecule has 25 heavy (non-hydrogen) atoms. The smallest absolute Gasteiger partial charge is 0.144 e. The zero-order valence-corrected chi connectivity index (χ0v) is 16.0. The van der Waals surface area contributed by atoms with Crippen molar-refractivity contribution in [3.05, 3.63) is 45.6 Å². The molecule has 2 unspecified atom stereocenters. The van der Waals surface area contributed by atoms with E-state index >= 15 is 0 Å². The number of aryl methyl sites for hydroxylation is 2. The highest BCUT2D eigenvalue weighted by molar-refractivity contribution is 7.08. The fraction of sp³-hybridized carbons (Fsp3) is 0.429. The van der Waals surface area contributed by atoms with Crippen LogP contribution >= 0.6 is 11.3 Å². The molecule has 4 heteroatoms. The average Bonchev–Trinajstić information content (AvgIpc) is 2.98. The molecule has 0 spiro atoms. The average molecular weight is 353 g/mol. The van der Waals surface area contributed by atoms with Crippen LogP contribution in [0.4, 0.5) is 11.4 Å². The molecule has 2 atom stereocenters. The van der Waals surface area contributed by atoms with Crippen LogP contribution in [0.2, 0.25) is 0 Å². The van der Waals surface area contributed by atoms with Gasteiger partial charge >= 0.3 is 0 Å². The summed E-state index contributed by atoms with van der Waals surface area (Å²) >= 11 is 1.68. The Kier molecular flexibility index (Phi) is 3.84. The van der Waals surface area contributed by atoms with Crippen LogP contribution in [0.5, 0.6) is 0 Å². The SMILES string of the molecule is Cc1cc2c(cc1C)NC(c1ccsc1)C1C(=O)CC(C)(C)CC1=N2. The molecule has 1 aliphatic carbocycles. The Labute approximate surface area is 153 Å². The van der Waals surface area contributed by atoms with Crippen molar-refractivity contribution in [3.8, 4) is 0 Å². The highest BCUT2D eigenvalue weighted by Crippen LogP contribution is 2.45.